The minimum Gasteiger partial charge on any atom is -0.479 e. The van der Waals surface area contributed by atoms with Gasteiger partial charge in [-0.25, -0.2) is 4.79 Å². The van der Waals surface area contributed by atoms with E-state index >= 15 is 0 Å². The van der Waals surface area contributed by atoms with Gasteiger partial charge in [0.25, 0.3) is 5.56 Å². The molecule has 0 spiro atoms. The molecule has 1 atom stereocenters. The number of aromatic nitrogens is 2. The zero-order valence-electron chi connectivity index (χ0n) is 15.3. The van der Waals surface area contributed by atoms with E-state index in [2.05, 4.69) is 4.98 Å². The molecule has 0 saturated heterocycles. The molecule has 138 valence electrons. The first kappa shape index (κ1) is 16.5. The van der Waals surface area contributed by atoms with Gasteiger partial charge in [0.05, 0.1) is 23.7 Å². The minimum absolute atomic E-state index is 0.0762. The number of carbonyl (C=O) groups is 1. The zero-order chi connectivity index (χ0) is 19.4. The van der Waals surface area contributed by atoms with Gasteiger partial charge < -0.3 is 9.47 Å². The highest BCUT2D eigenvalue weighted by Crippen LogP contribution is 2.34. The van der Waals surface area contributed by atoms with Gasteiger partial charge in [0.1, 0.15) is 5.75 Å². The van der Waals surface area contributed by atoms with Gasteiger partial charge >= 0.3 is 5.97 Å². The van der Waals surface area contributed by atoms with Crippen LogP contribution in [-0.4, -0.2) is 28.6 Å². The topological polar surface area (TPSA) is 69.9 Å². The van der Waals surface area contributed by atoms with E-state index in [1.54, 1.807) is 23.6 Å². The predicted molar refractivity (Wildman–Crippen MR) is 107 cm³/mol. The summed E-state index contributed by atoms with van der Waals surface area (Å²) in [7, 11) is 1.33. The number of hydrogen-bond acceptors (Lipinski definition) is 5. The van der Waals surface area contributed by atoms with Crippen LogP contribution in [-0.2, 0) is 9.53 Å². The average molecular weight is 372 g/mol. The fourth-order valence-corrected chi connectivity index (χ4v) is 3.84. The molecule has 0 aliphatic carbocycles. The van der Waals surface area contributed by atoms with Gasteiger partial charge in [0.2, 0.25) is 0 Å². The quantitative estimate of drug-likeness (QED) is 0.358. The molecule has 5 rings (SSSR count). The van der Waals surface area contributed by atoms with Crippen LogP contribution in [0, 0.1) is 0 Å². The van der Waals surface area contributed by atoms with E-state index in [0.717, 1.165) is 32.7 Å². The first-order chi connectivity index (χ1) is 13.6. The second-order valence-electron chi connectivity index (χ2n) is 6.70. The van der Waals surface area contributed by atoms with Crippen LogP contribution in [0.5, 0.6) is 5.75 Å². The Hall–Kier alpha value is -3.67. The van der Waals surface area contributed by atoms with Gasteiger partial charge in [0, 0.05) is 27.7 Å². The van der Waals surface area contributed by atoms with E-state index in [-0.39, 0.29) is 5.56 Å². The maximum Gasteiger partial charge on any atom is 0.346 e. The third-order valence-electron chi connectivity index (χ3n) is 5.11. The van der Waals surface area contributed by atoms with Crippen LogP contribution in [0.1, 0.15) is 6.92 Å². The Morgan fingerprint density at radius 2 is 1.82 bits per heavy atom. The van der Waals surface area contributed by atoms with Crippen LogP contribution < -0.4 is 10.3 Å². The smallest absolute Gasteiger partial charge is 0.346 e. The molecule has 0 unspecified atom stereocenters. The van der Waals surface area contributed by atoms with Crippen molar-refractivity contribution in [3.8, 4) is 5.75 Å². The van der Waals surface area contributed by atoms with Gasteiger partial charge in [-0.15, -0.1) is 0 Å². The third kappa shape index (κ3) is 2.18. The molecule has 0 amide bonds. The molecule has 3 aromatic heterocycles. The number of hydrogen-bond donors (Lipinski definition) is 0. The number of nitrogens with zero attached hydrogens (tertiary/aromatic N) is 2. The summed E-state index contributed by atoms with van der Waals surface area (Å²) in [6.07, 6.45) is 1.02. The highest BCUT2D eigenvalue weighted by atomic mass is 16.6. The largest absolute Gasteiger partial charge is 0.479 e. The van der Waals surface area contributed by atoms with Crippen LogP contribution >= 0.6 is 0 Å². The number of benzene rings is 2. The molecule has 6 nitrogen and oxygen atoms in total. The first-order valence-corrected chi connectivity index (χ1v) is 8.92. The molecule has 0 bridgehead atoms. The number of fused-ring (bicyclic) bond motifs is 5. The lowest BCUT2D eigenvalue weighted by molar-refractivity contribution is -0.147. The van der Waals surface area contributed by atoms with Gasteiger partial charge in [-0.05, 0) is 37.3 Å². The second kappa shape index (κ2) is 5.92. The van der Waals surface area contributed by atoms with Crippen molar-refractivity contribution in [2.45, 2.75) is 13.0 Å². The fraction of sp³-hybridized carbons (Fsp3) is 0.136. The van der Waals surface area contributed by atoms with E-state index < -0.39 is 12.1 Å². The molecular weight excluding hydrogens is 356 g/mol. The van der Waals surface area contributed by atoms with Gasteiger partial charge in [-0.1, -0.05) is 18.2 Å². The first-order valence-electron chi connectivity index (χ1n) is 8.92. The van der Waals surface area contributed by atoms with Crippen molar-refractivity contribution >= 4 is 44.1 Å². The molecular formula is C22H16N2O4. The molecule has 5 aromatic rings. The van der Waals surface area contributed by atoms with Crippen molar-refractivity contribution in [3.63, 3.8) is 0 Å². The van der Waals surface area contributed by atoms with Gasteiger partial charge in [-0.3, -0.25) is 14.2 Å². The molecule has 0 N–H and O–H groups in total. The lowest BCUT2D eigenvalue weighted by Crippen LogP contribution is -2.24. The molecule has 0 aliphatic heterocycles. The predicted octanol–water partition coefficient (Wildman–Crippen LogP) is 3.53. The Kier molecular flexibility index (Phi) is 3.49. The fourth-order valence-electron chi connectivity index (χ4n) is 3.84. The van der Waals surface area contributed by atoms with Gasteiger partial charge in [0.15, 0.2) is 6.10 Å². The Bertz CT molecular complexity index is 1440. The van der Waals surface area contributed by atoms with Crippen LogP contribution in [0.2, 0.25) is 0 Å². The van der Waals surface area contributed by atoms with E-state index in [4.69, 9.17) is 9.47 Å². The van der Waals surface area contributed by atoms with Gasteiger partial charge in [-0.2, -0.15) is 0 Å². The Morgan fingerprint density at radius 3 is 2.61 bits per heavy atom. The highest BCUT2D eigenvalue weighted by molar-refractivity contribution is 6.18. The summed E-state index contributed by atoms with van der Waals surface area (Å²) in [4.78, 5) is 29.4. The number of carbonyl (C=O) groups excluding carboxylic acids is 1. The maximum atomic E-state index is 13.2. The number of rotatable bonds is 3. The molecule has 0 aliphatic rings. The van der Waals surface area contributed by atoms with Crippen molar-refractivity contribution in [1.29, 1.82) is 0 Å². The SMILES string of the molecule is COC(=O)[C@@H](C)Oc1ccc2c(c1)c1ccnc3c4ccccc4c(=O)n2c13. The van der Waals surface area contributed by atoms with E-state index in [0.29, 0.717) is 11.1 Å². The number of esters is 1. The standard InChI is InChI=1S/C22H16N2O4/c1-12(22(26)27-2)28-13-7-8-18-17(11-13)15-9-10-23-19-14-5-3-4-6-16(14)21(25)24(18)20(15)19/h3-12H,1-2H3/t12-/m1/s1. The van der Waals surface area contributed by atoms with Crippen molar-refractivity contribution in [1.82, 2.24) is 9.38 Å². The van der Waals surface area contributed by atoms with Crippen molar-refractivity contribution in [2.75, 3.05) is 7.11 Å². The van der Waals surface area contributed by atoms with Crippen molar-refractivity contribution in [2.24, 2.45) is 0 Å². The average Bonchev–Trinajstić information content (AvgIpc) is 3.06. The van der Waals surface area contributed by atoms with Crippen molar-refractivity contribution < 1.29 is 14.3 Å². The summed E-state index contributed by atoms with van der Waals surface area (Å²) in [5.41, 5.74) is 2.28. The van der Waals surface area contributed by atoms with Crippen LogP contribution in [0.4, 0.5) is 0 Å². The third-order valence-corrected chi connectivity index (χ3v) is 5.11. The monoisotopic (exact) mass is 372 g/mol. The second-order valence-corrected chi connectivity index (χ2v) is 6.70. The normalized spacial score (nSPS) is 12.8. The molecule has 2 aromatic carbocycles. The van der Waals surface area contributed by atoms with Crippen LogP contribution in [0.15, 0.2) is 59.5 Å². The molecule has 6 heteroatoms. The van der Waals surface area contributed by atoms with Crippen molar-refractivity contribution in [3.05, 3.63) is 65.1 Å². The molecule has 28 heavy (non-hydrogen) atoms. The Balaban J connectivity index is 1.85. The highest BCUT2D eigenvalue weighted by Gasteiger charge is 2.19. The maximum absolute atomic E-state index is 13.2. The van der Waals surface area contributed by atoms with Crippen LogP contribution in [0.25, 0.3) is 38.1 Å². The summed E-state index contributed by atoms with van der Waals surface area (Å²) >= 11 is 0. The summed E-state index contributed by atoms with van der Waals surface area (Å²) in [6.45, 7) is 1.63. The number of pyridine rings is 2. The summed E-state index contributed by atoms with van der Waals surface area (Å²) in [5.74, 6) is 0.0876. The molecule has 3 heterocycles. The number of ether oxygens (including phenoxy) is 2. The summed E-state index contributed by atoms with van der Waals surface area (Å²) < 4.78 is 12.1. The minimum atomic E-state index is -0.727. The molecule has 0 fully saturated rings. The number of methoxy groups -OCH3 is 1. The Morgan fingerprint density at radius 1 is 1.04 bits per heavy atom. The lowest BCUT2D eigenvalue weighted by Gasteiger charge is -2.12. The van der Waals surface area contributed by atoms with E-state index in [1.807, 2.05) is 42.5 Å². The van der Waals surface area contributed by atoms with E-state index in [1.165, 1.54) is 7.11 Å². The lowest BCUT2D eigenvalue weighted by atomic mass is 10.1. The zero-order valence-corrected chi connectivity index (χ0v) is 15.3. The summed E-state index contributed by atoms with van der Waals surface area (Å²) in [5, 5.41) is 3.25. The molecule has 0 radical (unpaired) electrons. The van der Waals surface area contributed by atoms with E-state index in [9.17, 15) is 9.59 Å². The summed E-state index contributed by atoms with van der Waals surface area (Å²) in [6, 6.07) is 14.8. The van der Waals surface area contributed by atoms with Crippen LogP contribution in [0.3, 0.4) is 0 Å². The Labute approximate surface area is 159 Å². The molecule has 0 saturated carbocycles.